The van der Waals surface area contributed by atoms with Crippen molar-refractivity contribution < 1.29 is 4.79 Å². The van der Waals surface area contributed by atoms with Crippen molar-refractivity contribution in [2.75, 3.05) is 5.75 Å². The van der Waals surface area contributed by atoms with Gasteiger partial charge in [0, 0.05) is 18.5 Å². The van der Waals surface area contributed by atoms with Crippen LogP contribution in [-0.2, 0) is 13.0 Å². The van der Waals surface area contributed by atoms with Crippen molar-refractivity contribution in [3.63, 3.8) is 0 Å². The third-order valence-corrected chi connectivity index (χ3v) is 5.30. The van der Waals surface area contributed by atoms with Crippen LogP contribution in [0.2, 0.25) is 0 Å². The van der Waals surface area contributed by atoms with Gasteiger partial charge in [0.25, 0.3) is 0 Å². The monoisotopic (exact) mass is 377 g/mol. The number of hydrogen-bond donors (Lipinski definition) is 0. The first-order valence-electron chi connectivity index (χ1n) is 8.88. The molecular weight excluding hydrogens is 354 g/mol. The van der Waals surface area contributed by atoms with E-state index >= 15 is 0 Å². The van der Waals surface area contributed by atoms with Gasteiger partial charge in [-0.2, -0.15) is 0 Å². The zero-order valence-electron chi connectivity index (χ0n) is 15.7. The highest BCUT2D eigenvalue weighted by Crippen LogP contribution is 2.21. The van der Waals surface area contributed by atoms with Gasteiger partial charge in [-0.1, -0.05) is 65.9 Å². The standard InChI is InChI=1S/C22H23N3OS/c1-4-12-25-21(14-18-8-6-5-7-9-18)23-24-22(25)27-15-20(26)19-13-16(2)10-11-17(19)3/h4-11,13H,1,12,14-15H2,2-3H3. The number of aromatic nitrogens is 3. The number of allylic oxidation sites excluding steroid dienone is 1. The van der Waals surface area contributed by atoms with Crippen molar-refractivity contribution in [1.82, 2.24) is 14.8 Å². The first-order chi connectivity index (χ1) is 13.1. The van der Waals surface area contributed by atoms with Crippen molar-refractivity contribution in [3.8, 4) is 0 Å². The lowest BCUT2D eigenvalue weighted by Crippen LogP contribution is -2.08. The van der Waals surface area contributed by atoms with E-state index in [0.29, 0.717) is 18.7 Å². The molecule has 0 N–H and O–H groups in total. The number of nitrogens with zero attached hydrogens (tertiary/aromatic N) is 3. The van der Waals surface area contributed by atoms with Crippen molar-refractivity contribution >= 4 is 17.5 Å². The maximum Gasteiger partial charge on any atom is 0.191 e. The maximum atomic E-state index is 12.7. The van der Waals surface area contributed by atoms with Gasteiger partial charge in [0.05, 0.1) is 5.75 Å². The first-order valence-corrected chi connectivity index (χ1v) is 9.87. The predicted molar refractivity (Wildman–Crippen MR) is 110 cm³/mol. The summed E-state index contributed by atoms with van der Waals surface area (Å²) in [4.78, 5) is 12.7. The Kier molecular flexibility index (Phi) is 6.24. The van der Waals surface area contributed by atoms with E-state index in [1.165, 1.54) is 17.3 Å². The summed E-state index contributed by atoms with van der Waals surface area (Å²) in [5.74, 6) is 1.33. The van der Waals surface area contributed by atoms with Gasteiger partial charge in [0.15, 0.2) is 10.9 Å². The van der Waals surface area contributed by atoms with Crippen molar-refractivity contribution in [1.29, 1.82) is 0 Å². The molecule has 0 unspecified atom stereocenters. The minimum absolute atomic E-state index is 0.110. The Morgan fingerprint density at radius 1 is 1.15 bits per heavy atom. The Bertz CT molecular complexity index is 947. The van der Waals surface area contributed by atoms with E-state index in [-0.39, 0.29) is 5.78 Å². The molecule has 27 heavy (non-hydrogen) atoms. The molecule has 138 valence electrons. The summed E-state index contributed by atoms with van der Waals surface area (Å²) >= 11 is 1.43. The molecule has 0 bridgehead atoms. The molecule has 3 rings (SSSR count). The zero-order valence-corrected chi connectivity index (χ0v) is 16.5. The molecule has 1 aromatic heterocycles. The molecule has 1 heterocycles. The zero-order chi connectivity index (χ0) is 19.2. The number of carbonyl (C=O) groups excluding carboxylic acids is 1. The molecule has 0 saturated carbocycles. The van der Waals surface area contributed by atoms with E-state index in [9.17, 15) is 4.79 Å². The van der Waals surface area contributed by atoms with Crippen molar-refractivity contribution in [3.05, 3.63) is 89.3 Å². The topological polar surface area (TPSA) is 47.8 Å². The van der Waals surface area contributed by atoms with Crippen LogP contribution in [0.5, 0.6) is 0 Å². The van der Waals surface area contributed by atoms with Crippen LogP contribution in [0.4, 0.5) is 0 Å². The van der Waals surface area contributed by atoms with Gasteiger partial charge in [0.2, 0.25) is 0 Å². The summed E-state index contributed by atoms with van der Waals surface area (Å²) in [6, 6.07) is 16.1. The number of ketones is 1. The SMILES string of the molecule is C=CCn1c(Cc2ccccc2)nnc1SCC(=O)c1cc(C)ccc1C. The summed E-state index contributed by atoms with van der Waals surface area (Å²) in [6.45, 7) is 8.42. The van der Waals surface area contributed by atoms with E-state index in [4.69, 9.17) is 0 Å². The Labute approximate surface area is 164 Å². The number of aryl methyl sites for hydroxylation is 2. The van der Waals surface area contributed by atoms with Crippen molar-refractivity contribution in [2.45, 2.75) is 32.0 Å². The van der Waals surface area contributed by atoms with Crippen LogP contribution < -0.4 is 0 Å². The molecule has 0 amide bonds. The summed E-state index contributed by atoms with van der Waals surface area (Å²) < 4.78 is 2.03. The van der Waals surface area contributed by atoms with Crippen LogP contribution in [0.15, 0.2) is 66.3 Å². The molecule has 5 heteroatoms. The third kappa shape index (κ3) is 4.74. The fourth-order valence-corrected chi connectivity index (χ4v) is 3.74. The van der Waals surface area contributed by atoms with Crippen LogP contribution in [0, 0.1) is 13.8 Å². The summed E-state index contributed by atoms with van der Waals surface area (Å²) in [7, 11) is 0. The Hall–Kier alpha value is -2.66. The number of carbonyl (C=O) groups is 1. The van der Waals surface area contributed by atoms with Gasteiger partial charge < -0.3 is 4.57 Å². The second-order valence-electron chi connectivity index (χ2n) is 6.49. The first kappa shape index (κ1) is 19.1. The van der Waals surface area contributed by atoms with Gasteiger partial charge in [-0.15, -0.1) is 16.8 Å². The van der Waals surface area contributed by atoms with Crippen LogP contribution in [0.1, 0.15) is 32.9 Å². The molecule has 0 aliphatic carbocycles. The van der Waals surface area contributed by atoms with E-state index < -0.39 is 0 Å². The normalized spacial score (nSPS) is 10.7. The second-order valence-corrected chi connectivity index (χ2v) is 7.43. The lowest BCUT2D eigenvalue weighted by Gasteiger charge is -2.09. The molecule has 2 aromatic carbocycles. The average Bonchev–Trinajstić information content (AvgIpc) is 3.04. The fraction of sp³-hybridized carbons (Fsp3) is 0.227. The van der Waals surface area contributed by atoms with Crippen LogP contribution in [-0.4, -0.2) is 26.3 Å². The lowest BCUT2D eigenvalue weighted by atomic mass is 10.0. The number of rotatable bonds is 8. The minimum Gasteiger partial charge on any atom is -0.302 e. The molecule has 4 nitrogen and oxygen atoms in total. The molecule has 0 aliphatic rings. The van der Waals surface area contributed by atoms with E-state index in [1.807, 2.05) is 60.9 Å². The number of hydrogen-bond acceptors (Lipinski definition) is 4. The molecular formula is C22H23N3OS. The lowest BCUT2D eigenvalue weighted by molar-refractivity contribution is 0.102. The number of thioether (sulfide) groups is 1. The summed E-state index contributed by atoms with van der Waals surface area (Å²) in [5, 5.41) is 9.41. The molecule has 0 radical (unpaired) electrons. The van der Waals surface area contributed by atoms with Gasteiger partial charge >= 0.3 is 0 Å². The van der Waals surface area contributed by atoms with Crippen molar-refractivity contribution in [2.24, 2.45) is 0 Å². The third-order valence-electron chi connectivity index (χ3n) is 4.34. The van der Waals surface area contributed by atoms with Gasteiger partial charge in [-0.3, -0.25) is 4.79 Å². The van der Waals surface area contributed by atoms with Crippen LogP contribution in [0.3, 0.4) is 0 Å². The maximum absolute atomic E-state index is 12.7. The molecule has 0 aliphatic heterocycles. The van der Waals surface area contributed by atoms with Gasteiger partial charge in [-0.25, -0.2) is 0 Å². The molecule has 0 saturated heterocycles. The Morgan fingerprint density at radius 3 is 2.67 bits per heavy atom. The highest BCUT2D eigenvalue weighted by Gasteiger charge is 2.15. The molecule has 0 spiro atoms. The molecule has 3 aromatic rings. The van der Waals surface area contributed by atoms with Gasteiger partial charge in [0.1, 0.15) is 5.82 Å². The highest BCUT2D eigenvalue weighted by atomic mass is 32.2. The largest absolute Gasteiger partial charge is 0.302 e. The highest BCUT2D eigenvalue weighted by molar-refractivity contribution is 7.99. The number of benzene rings is 2. The predicted octanol–water partition coefficient (Wildman–Crippen LogP) is 4.65. The van der Waals surface area contributed by atoms with E-state index in [1.54, 1.807) is 0 Å². The average molecular weight is 378 g/mol. The van der Waals surface area contributed by atoms with Gasteiger partial charge in [-0.05, 0) is 31.0 Å². The Morgan fingerprint density at radius 2 is 1.93 bits per heavy atom. The summed E-state index contributed by atoms with van der Waals surface area (Å²) in [6.07, 6.45) is 2.53. The summed E-state index contributed by atoms with van der Waals surface area (Å²) in [5.41, 5.74) is 4.05. The van der Waals surface area contributed by atoms with E-state index in [2.05, 4.69) is 28.9 Å². The minimum atomic E-state index is 0.110. The van der Waals surface area contributed by atoms with E-state index in [0.717, 1.165) is 27.7 Å². The smallest absolute Gasteiger partial charge is 0.191 e. The molecule has 0 fully saturated rings. The fourth-order valence-electron chi connectivity index (χ4n) is 2.89. The molecule has 0 atom stereocenters. The number of Topliss-reactive ketones (excluding diaryl/α,β-unsaturated/α-hetero) is 1. The quantitative estimate of drug-likeness (QED) is 0.326. The second kappa shape index (κ2) is 8.82. The Balaban J connectivity index is 1.75. The van der Waals surface area contributed by atoms with Crippen LogP contribution in [0.25, 0.3) is 0 Å². The van der Waals surface area contributed by atoms with Crippen LogP contribution >= 0.6 is 11.8 Å².